The number of ketones is 1. The summed E-state index contributed by atoms with van der Waals surface area (Å²) < 4.78 is 15.2. The number of carbonyl (C=O) groups excluding carboxylic acids is 1. The van der Waals surface area contributed by atoms with E-state index in [0.717, 1.165) is 0 Å². The molecule has 0 amide bonds. The number of aliphatic hydroxyl groups is 1. The van der Waals surface area contributed by atoms with Crippen molar-refractivity contribution >= 4 is 5.78 Å². The number of hydrogen-bond donors (Lipinski definition) is 1. The van der Waals surface area contributed by atoms with Gasteiger partial charge < -0.3 is 19.3 Å². The van der Waals surface area contributed by atoms with Gasteiger partial charge in [0, 0.05) is 27.2 Å². The van der Waals surface area contributed by atoms with Crippen molar-refractivity contribution in [3.63, 3.8) is 0 Å². The number of carbonyl (C=O) groups is 1. The third-order valence-electron chi connectivity index (χ3n) is 2.09. The Morgan fingerprint density at radius 3 is 2.29 bits per heavy atom. The van der Waals surface area contributed by atoms with E-state index in [9.17, 15) is 9.90 Å². The molecule has 0 heterocycles. The third kappa shape index (κ3) is 8.26. The first kappa shape index (κ1) is 16.5. The molecule has 0 rings (SSSR count). The summed E-state index contributed by atoms with van der Waals surface area (Å²) in [6.07, 6.45) is -1.23. The average Bonchev–Trinajstić information content (AvgIpc) is 2.15. The van der Waals surface area contributed by atoms with Gasteiger partial charge in [-0.05, 0) is 20.8 Å². The van der Waals surface area contributed by atoms with Gasteiger partial charge in [0.1, 0.15) is 6.10 Å². The van der Waals surface area contributed by atoms with E-state index in [2.05, 4.69) is 0 Å². The Morgan fingerprint density at radius 1 is 1.29 bits per heavy atom. The van der Waals surface area contributed by atoms with Crippen LogP contribution in [-0.4, -0.2) is 49.7 Å². The van der Waals surface area contributed by atoms with Crippen molar-refractivity contribution in [3.8, 4) is 0 Å². The minimum absolute atomic E-state index is 0.0699. The molecule has 17 heavy (non-hydrogen) atoms. The van der Waals surface area contributed by atoms with Crippen LogP contribution in [0.5, 0.6) is 0 Å². The minimum atomic E-state index is -1.09. The SMILES string of the molecule is COCCC(OC)C(=O)CC(O)OC(C)(C)C. The fraction of sp³-hybridized carbons (Fsp3) is 0.917. The second-order valence-electron chi connectivity index (χ2n) is 4.86. The highest BCUT2D eigenvalue weighted by Gasteiger charge is 2.24. The molecule has 2 atom stereocenters. The lowest BCUT2D eigenvalue weighted by atomic mass is 10.1. The summed E-state index contributed by atoms with van der Waals surface area (Å²) in [6, 6.07) is 0. The summed E-state index contributed by atoms with van der Waals surface area (Å²) in [5.41, 5.74) is -0.477. The van der Waals surface area contributed by atoms with E-state index >= 15 is 0 Å². The molecule has 0 radical (unpaired) electrons. The highest BCUT2D eigenvalue weighted by Crippen LogP contribution is 2.13. The fourth-order valence-corrected chi connectivity index (χ4v) is 1.39. The Hall–Kier alpha value is -0.490. The smallest absolute Gasteiger partial charge is 0.166 e. The first-order valence-corrected chi connectivity index (χ1v) is 5.70. The van der Waals surface area contributed by atoms with Gasteiger partial charge in [-0.25, -0.2) is 0 Å². The summed E-state index contributed by atoms with van der Waals surface area (Å²) in [7, 11) is 3.03. The fourth-order valence-electron chi connectivity index (χ4n) is 1.39. The molecule has 0 aliphatic heterocycles. The summed E-state index contributed by atoms with van der Waals surface area (Å²) in [5, 5.41) is 9.60. The second kappa shape index (κ2) is 7.76. The molecule has 5 nitrogen and oxygen atoms in total. The number of aliphatic hydroxyl groups excluding tert-OH is 1. The van der Waals surface area contributed by atoms with E-state index in [4.69, 9.17) is 14.2 Å². The van der Waals surface area contributed by atoms with Crippen LogP contribution >= 0.6 is 0 Å². The van der Waals surface area contributed by atoms with Crippen LogP contribution in [0, 0.1) is 0 Å². The van der Waals surface area contributed by atoms with Gasteiger partial charge in [0.15, 0.2) is 12.1 Å². The molecular formula is C12H24O5. The third-order valence-corrected chi connectivity index (χ3v) is 2.09. The molecule has 0 bridgehead atoms. The van der Waals surface area contributed by atoms with Crippen molar-refractivity contribution in [2.45, 2.75) is 51.6 Å². The van der Waals surface area contributed by atoms with Crippen molar-refractivity contribution in [1.29, 1.82) is 0 Å². The zero-order valence-electron chi connectivity index (χ0n) is 11.4. The van der Waals surface area contributed by atoms with Crippen molar-refractivity contribution < 1.29 is 24.1 Å². The monoisotopic (exact) mass is 248 g/mol. The van der Waals surface area contributed by atoms with E-state index in [1.165, 1.54) is 7.11 Å². The average molecular weight is 248 g/mol. The van der Waals surface area contributed by atoms with Crippen molar-refractivity contribution in [2.24, 2.45) is 0 Å². The van der Waals surface area contributed by atoms with Gasteiger partial charge in [0.25, 0.3) is 0 Å². The summed E-state index contributed by atoms with van der Waals surface area (Å²) in [5.74, 6) is -0.179. The molecular weight excluding hydrogens is 224 g/mol. The Bertz CT molecular complexity index is 221. The first-order chi connectivity index (χ1) is 7.80. The number of Topliss-reactive ketones (excluding diaryl/α,β-unsaturated/α-hetero) is 1. The predicted octanol–water partition coefficient (Wildman–Crippen LogP) is 1.13. The first-order valence-electron chi connectivity index (χ1n) is 5.70. The maximum atomic E-state index is 11.8. The van der Waals surface area contributed by atoms with E-state index < -0.39 is 18.0 Å². The highest BCUT2D eigenvalue weighted by molar-refractivity contribution is 5.83. The Labute approximate surface area is 103 Å². The number of rotatable bonds is 8. The lowest BCUT2D eigenvalue weighted by molar-refractivity contribution is -0.175. The van der Waals surface area contributed by atoms with E-state index in [0.29, 0.717) is 13.0 Å². The van der Waals surface area contributed by atoms with E-state index in [1.807, 2.05) is 20.8 Å². The Morgan fingerprint density at radius 2 is 1.88 bits per heavy atom. The van der Waals surface area contributed by atoms with Gasteiger partial charge in [-0.1, -0.05) is 0 Å². The topological polar surface area (TPSA) is 65.0 Å². The van der Waals surface area contributed by atoms with E-state index in [1.54, 1.807) is 7.11 Å². The van der Waals surface area contributed by atoms with Crippen molar-refractivity contribution in [3.05, 3.63) is 0 Å². The molecule has 0 aromatic carbocycles. The molecule has 2 unspecified atom stereocenters. The summed E-state index contributed by atoms with van der Waals surface area (Å²) in [4.78, 5) is 11.8. The lowest BCUT2D eigenvalue weighted by Gasteiger charge is -2.24. The summed E-state index contributed by atoms with van der Waals surface area (Å²) >= 11 is 0. The molecule has 0 aromatic rings. The van der Waals surface area contributed by atoms with Gasteiger partial charge in [-0.3, -0.25) is 4.79 Å². The highest BCUT2D eigenvalue weighted by atomic mass is 16.6. The molecule has 0 aromatic heterocycles. The second-order valence-corrected chi connectivity index (χ2v) is 4.86. The molecule has 0 fully saturated rings. The van der Waals surface area contributed by atoms with Crippen LogP contribution in [-0.2, 0) is 19.0 Å². The van der Waals surface area contributed by atoms with Crippen LogP contribution in [0.2, 0.25) is 0 Å². The van der Waals surface area contributed by atoms with Gasteiger partial charge in [0.05, 0.1) is 12.0 Å². The van der Waals surface area contributed by atoms with Crippen molar-refractivity contribution in [2.75, 3.05) is 20.8 Å². The normalized spacial score (nSPS) is 15.6. The van der Waals surface area contributed by atoms with Gasteiger partial charge in [-0.2, -0.15) is 0 Å². The van der Waals surface area contributed by atoms with Gasteiger partial charge in [0.2, 0.25) is 0 Å². The van der Waals surface area contributed by atoms with Crippen LogP contribution in [0.15, 0.2) is 0 Å². The molecule has 102 valence electrons. The van der Waals surface area contributed by atoms with Crippen LogP contribution in [0.1, 0.15) is 33.6 Å². The molecule has 1 N–H and O–H groups in total. The number of hydrogen-bond acceptors (Lipinski definition) is 5. The Balaban J connectivity index is 4.12. The van der Waals surface area contributed by atoms with Crippen LogP contribution in [0.25, 0.3) is 0 Å². The zero-order chi connectivity index (χ0) is 13.5. The largest absolute Gasteiger partial charge is 0.385 e. The maximum Gasteiger partial charge on any atom is 0.166 e. The molecule has 0 aliphatic carbocycles. The molecule has 0 saturated heterocycles. The molecule has 0 spiro atoms. The van der Waals surface area contributed by atoms with Crippen LogP contribution in [0.3, 0.4) is 0 Å². The lowest BCUT2D eigenvalue weighted by Crippen LogP contribution is -2.33. The van der Waals surface area contributed by atoms with Gasteiger partial charge in [-0.15, -0.1) is 0 Å². The molecule has 5 heteroatoms. The molecule has 0 aliphatic rings. The minimum Gasteiger partial charge on any atom is -0.385 e. The number of ether oxygens (including phenoxy) is 3. The Kier molecular flexibility index (Phi) is 7.54. The zero-order valence-corrected chi connectivity index (χ0v) is 11.4. The van der Waals surface area contributed by atoms with Crippen molar-refractivity contribution in [1.82, 2.24) is 0 Å². The van der Waals surface area contributed by atoms with Gasteiger partial charge >= 0.3 is 0 Å². The van der Waals surface area contributed by atoms with E-state index in [-0.39, 0.29) is 12.2 Å². The summed E-state index contributed by atoms with van der Waals surface area (Å²) in [6.45, 7) is 5.90. The molecule has 0 saturated carbocycles. The quantitative estimate of drug-likeness (QED) is 0.652. The van der Waals surface area contributed by atoms with Crippen LogP contribution < -0.4 is 0 Å². The number of methoxy groups -OCH3 is 2. The maximum absolute atomic E-state index is 11.8. The van der Waals surface area contributed by atoms with Crippen LogP contribution in [0.4, 0.5) is 0 Å². The standard InChI is InChI=1S/C12H24O5/c1-12(2,3)17-11(14)8-9(13)10(16-5)6-7-15-4/h10-11,14H,6-8H2,1-5H3. The predicted molar refractivity (Wildman–Crippen MR) is 63.8 cm³/mol.